The minimum absolute atomic E-state index is 0.0399. The molecule has 1 atom stereocenters. The first kappa shape index (κ1) is 17.0. The molecule has 0 fully saturated rings. The molecule has 1 amide bonds. The van der Waals surface area contributed by atoms with Crippen molar-refractivity contribution >= 4 is 17.7 Å². The highest BCUT2D eigenvalue weighted by atomic mass is 32.2. The van der Waals surface area contributed by atoms with Crippen LogP contribution in [0.15, 0.2) is 9.64 Å². The van der Waals surface area contributed by atoms with Crippen LogP contribution in [-0.4, -0.2) is 46.4 Å². The van der Waals surface area contributed by atoms with Crippen LogP contribution in [0.4, 0.5) is 0 Å². The van der Waals surface area contributed by atoms with Crippen molar-refractivity contribution in [2.24, 2.45) is 0 Å². The number of carbonyl (C=O) groups is 1. The molecule has 0 unspecified atom stereocenters. The molecule has 114 valence electrons. The number of rotatable bonds is 6. The summed E-state index contributed by atoms with van der Waals surface area (Å²) in [5, 5.41) is 11.4. The maximum atomic E-state index is 11.7. The minimum Gasteiger partial charge on any atom is -0.414 e. The van der Waals surface area contributed by atoms with Gasteiger partial charge >= 0.3 is 0 Å². The third-order valence-electron chi connectivity index (χ3n) is 2.56. The lowest BCUT2D eigenvalue weighted by atomic mass is 10.1. The van der Waals surface area contributed by atoms with Crippen LogP contribution in [0, 0.1) is 0 Å². The number of carbonyl (C=O) groups excluding carboxylic acids is 1. The first-order valence-electron chi connectivity index (χ1n) is 6.66. The average Bonchev–Trinajstić information content (AvgIpc) is 2.73. The molecule has 0 spiro atoms. The molecule has 0 radical (unpaired) electrons. The van der Waals surface area contributed by atoms with Gasteiger partial charge in [0, 0.05) is 5.54 Å². The number of amides is 1. The first-order chi connectivity index (χ1) is 9.23. The van der Waals surface area contributed by atoms with Gasteiger partial charge in [-0.1, -0.05) is 18.7 Å². The standard InChI is InChI=1S/C13H24N4O2S/c1-7-9(17(5)6)11-15-16-12(19-11)20-8-10(18)14-13(2,3)4/h9H,7-8H2,1-6H3,(H,14,18)/t9-/m1/s1. The van der Waals surface area contributed by atoms with Crippen molar-refractivity contribution < 1.29 is 9.21 Å². The molecule has 0 aliphatic carbocycles. The summed E-state index contributed by atoms with van der Waals surface area (Å²) in [5.41, 5.74) is -0.226. The predicted octanol–water partition coefficient (Wildman–Crippen LogP) is 2.09. The predicted molar refractivity (Wildman–Crippen MR) is 79.6 cm³/mol. The van der Waals surface area contributed by atoms with E-state index in [4.69, 9.17) is 4.42 Å². The summed E-state index contributed by atoms with van der Waals surface area (Å²) in [6.45, 7) is 7.91. The fourth-order valence-electron chi connectivity index (χ4n) is 1.76. The van der Waals surface area contributed by atoms with Gasteiger partial charge in [0.15, 0.2) is 0 Å². The molecule has 1 aromatic rings. The van der Waals surface area contributed by atoms with Crippen LogP contribution in [0.25, 0.3) is 0 Å². The Morgan fingerprint density at radius 3 is 2.55 bits per heavy atom. The lowest BCUT2D eigenvalue weighted by Crippen LogP contribution is -2.41. The molecule has 20 heavy (non-hydrogen) atoms. The smallest absolute Gasteiger partial charge is 0.277 e. The van der Waals surface area contributed by atoms with E-state index in [0.29, 0.717) is 11.1 Å². The zero-order valence-corrected chi connectivity index (χ0v) is 13.9. The van der Waals surface area contributed by atoms with Crippen molar-refractivity contribution in [1.82, 2.24) is 20.4 Å². The molecular weight excluding hydrogens is 276 g/mol. The topological polar surface area (TPSA) is 71.3 Å². The Labute approximate surface area is 124 Å². The lowest BCUT2D eigenvalue weighted by Gasteiger charge is -2.20. The maximum Gasteiger partial charge on any atom is 0.277 e. The first-order valence-corrected chi connectivity index (χ1v) is 7.65. The van der Waals surface area contributed by atoms with Crippen molar-refractivity contribution in [2.75, 3.05) is 19.8 Å². The summed E-state index contributed by atoms with van der Waals surface area (Å²) < 4.78 is 5.60. The molecule has 0 aliphatic heterocycles. The SMILES string of the molecule is CC[C@H](c1nnc(SCC(=O)NC(C)(C)C)o1)N(C)C. The Hall–Kier alpha value is -1.08. The monoisotopic (exact) mass is 300 g/mol. The number of nitrogens with one attached hydrogen (secondary N) is 1. The van der Waals surface area contributed by atoms with Crippen LogP contribution in [0.1, 0.15) is 46.0 Å². The van der Waals surface area contributed by atoms with Crippen molar-refractivity contribution in [3.63, 3.8) is 0 Å². The van der Waals surface area contributed by atoms with Crippen molar-refractivity contribution in [1.29, 1.82) is 0 Å². The Kier molecular flexibility index (Phi) is 6.01. The molecule has 0 bridgehead atoms. The van der Waals surface area contributed by atoms with Crippen LogP contribution >= 0.6 is 11.8 Å². The lowest BCUT2D eigenvalue weighted by molar-refractivity contribution is -0.119. The van der Waals surface area contributed by atoms with E-state index in [-0.39, 0.29) is 23.2 Å². The quantitative estimate of drug-likeness (QED) is 0.811. The van der Waals surface area contributed by atoms with Crippen molar-refractivity contribution in [3.8, 4) is 0 Å². The minimum atomic E-state index is -0.226. The van der Waals surface area contributed by atoms with Gasteiger partial charge in [-0.2, -0.15) is 0 Å². The van der Waals surface area contributed by atoms with Gasteiger partial charge < -0.3 is 9.73 Å². The molecule has 0 aliphatic rings. The third-order valence-corrected chi connectivity index (χ3v) is 3.38. The molecule has 1 heterocycles. The van der Waals surface area contributed by atoms with Crippen LogP contribution in [0.5, 0.6) is 0 Å². The van der Waals surface area contributed by atoms with E-state index in [2.05, 4.69) is 22.4 Å². The summed E-state index contributed by atoms with van der Waals surface area (Å²) in [7, 11) is 3.95. The maximum absolute atomic E-state index is 11.7. The van der Waals surface area contributed by atoms with Gasteiger partial charge in [0.25, 0.3) is 5.22 Å². The van der Waals surface area contributed by atoms with Crippen LogP contribution in [0.2, 0.25) is 0 Å². The summed E-state index contributed by atoms with van der Waals surface area (Å²) in [6, 6.07) is 0.111. The number of hydrogen-bond donors (Lipinski definition) is 1. The molecule has 1 N–H and O–H groups in total. The zero-order chi connectivity index (χ0) is 15.3. The summed E-state index contributed by atoms with van der Waals surface area (Å²) in [5.74, 6) is 0.829. The average molecular weight is 300 g/mol. The highest BCUT2D eigenvalue weighted by Crippen LogP contribution is 2.24. The Balaban J connectivity index is 2.54. The van der Waals surface area contributed by atoms with Gasteiger partial charge in [-0.05, 0) is 41.3 Å². The number of thioether (sulfide) groups is 1. The highest BCUT2D eigenvalue weighted by Gasteiger charge is 2.20. The van der Waals surface area contributed by atoms with E-state index >= 15 is 0 Å². The second kappa shape index (κ2) is 7.08. The van der Waals surface area contributed by atoms with Gasteiger partial charge in [0.1, 0.15) is 0 Å². The van der Waals surface area contributed by atoms with E-state index in [0.717, 1.165) is 6.42 Å². The van der Waals surface area contributed by atoms with E-state index in [1.807, 2.05) is 39.8 Å². The summed E-state index contributed by atoms with van der Waals surface area (Å²) in [4.78, 5) is 13.7. The molecule has 0 saturated heterocycles. The number of nitrogens with zero attached hydrogens (tertiary/aromatic N) is 3. The molecule has 1 rings (SSSR count). The Morgan fingerprint density at radius 1 is 1.40 bits per heavy atom. The van der Waals surface area contributed by atoms with Gasteiger partial charge in [-0.3, -0.25) is 9.69 Å². The molecular formula is C13H24N4O2S. The van der Waals surface area contributed by atoms with Gasteiger partial charge in [-0.25, -0.2) is 0 Å². The largest absolute Gasteiger partial charge is 0.414 e. The van der Waals surface area contributed by atoms with Gasteiger partial charge in [-0.15, -0.1) is 10.2 Å². The summed E-state index contributed by atoms with van der Waals surface area (Å²) >= 11 is 1.26. The second-order valence-corrected chi connectivity index (χ2v) is 6.81. The summed E-state index contributed by atoms with van der Waals surface area (Å²) in [6.07, 6.45) is 0.893. The Bertz CT molecular complexity index is 440. The van der Waals surface area contributed by atoms with E-state index in [1.54, 1.807) is 0 Å². The molecule has 0 aromatic carbocycles. The molecule has 6 nitrogen and oxygen atoms in total. The van der Waals surface area contributed by atoms with Gasteiger partial charge in [0.2, 0.25) is 11.8 Å². The van der Waals surface area contributed by atoms with Crippen LogP contribution in [-0.2, 0) is 4.79 Å². The third kappa shape index (κ3) is 5.50. The fraction of sp³-hybridized carbons (Fsp3) is 0.769. The van der Waals surface area contributed by atoms with Crippen LogP contribution < -0.4 is 5.32 Å². The molecule has 1 aromatic heterocycles. The zero-order valence-electron chi connectivity index (χ0n) is 13.1. The van der Waals surface area contributed by atoms with Gasteiger partial charge in [0.05, 0.1) is 11.8 Å². The molecule has 0 saturated carbocycles. The van der Waals surface area contributed by atoms with Crippen molar-refractivity contribution in [3.05, 3.63) is 5.89 Å². The van der Waals surface area contributed by atoms with Crippen LogP contribution in [0.3, 0.4) is 0 Å². The van der Waals surface area contributed by atoms with E-state index < -0.39 is 0 Å². The Morgan fingerprint density at radius 2 is 2.05 bits per heavy atom. The van der Waals surface area contributed by atoms with E-state index in [1.165, 1.54) is 11.8 Å². The normalized spacial score (nSPS) is 13.6. The van der Waals surface area contributed by atoms with Crippen molar-refractivity contribution in [2.45, 2.75) is 50.9 Å². The number of aromatic nitrogens is 2. The number of hydrogen-bond acceptors (Lipinski definition) is 6. The second-order valence-electron chi connectivity index (χ2n) is 5.88. The van der Waals surface area contributed by atoms with E-state index in [9.17, 15) is 4.79 Å². The molecule has 7 heteroatoms. The highest BCUT2D eigenvalue weighted by molar-refractivity contribution is 7.99. The fourth-order valence-corrected chi connectivity index (χ4v) is 2.33.